The van der Waals surface area contributed by atoms with Gasteiger partial charge in [-0.1, -0.05) is 18.2 Å². The van der Waals surface area contributed by atoms with Crippen LogP contribution in [0.5, 0.6) is 5.75 Å². The largest absolute Gasteiger partial charge is 0.493 e. The van der Waals surface area contributed by atoms with Gasteiger partial charge in [0.25, 0.3) is 0 Å². The first-order chi connectivity index (χ1) is 9.05. The number of nitrogens with one attached hydrogen (secondary N) is 1. The van der Waals surface area contributed by atoms with Crippen molar-refractivity contribution < 1.29 is 17.9 Å². The van der Waals surface area contributed by atoms with Crippen LogP contribution in [-0.2, 0) is 6.42 Å². The molecule has 1 aromatic rings. The maximum Gasteiger partial charge on any atom is 0.393 e. The first-order valence-electron chi connectivity index (χ1n) is 6.60. The molecular weight excluding hydrogens is 255 g/mol. The molecule has 2 nitrogen and oxygen atoms in total. The third-order valence-corrected chi connectivity index (χ3v) is 4.00. The molecule has 1 aromatic carbocycles. The van der Waals surface area contributed by atoms with Crippen LogP contribution in [0, 0.1) is 5.92 Å². The van der Waals surface area contributed by atoms with Crippen LogP contribution in [0.4, 0.5) is 13.2 Å². The average molecular weight is 271 g/mol. The van der Waals surface area contributed by atoms with E-state index in [0.717, 1.165) is 23.3 Å². The van der Waals surface area contributed by atoms with E-state index in [9.17, 15) is 13.2 Å². The fraction of sp³-hybridized carbons (Fsp3) is 0.571. The van der Waals surface area contributed by atoms with E-state index in [0.29, 0.717) is 13.0 Å². The van der Waals surface area contributed by atoms with Gasteiger partial charge in [0.05, 0.1) is 12.5 Å². The number of alkyl halides is 3. The van der Waals surface area contributed by atoms with Gasteiger partial charge in [0, 0.05) is 24.6 Å². The van der Waals surface area contributed by atoms with E-state index in [1.54, 1.807) is 0 Å². The fourth-order valence-electron chi connectivity index (χ4n) is 2.92. The molecule has 2 unspecified atom stereocenters. The molecule has 0 aromatic heterocycles. The summed E-state index contributed by atoms with van der Waals surface area (Å²) in [4.78, 5) is 0. The summed E-state index contributed by atoms with van der Waals surface area (Å²) in [6, 6.07) is 5.91. The van der Waals surface area contributed by atoms with E-state index < -0.39 is 12.1 Å². The molecule has 0 bridgehead atoms. The van der Waals surface area contributed by atoms with E-state index in [1.807, 2.05) is 18.2 Å². The summed E-state index contributed by atoms with van der Waals surface area (Å²) in [6.07, 6.45) is -2.51. The topological polar surface area (TPSA) is 21.3 Å². The van der Waals surface area contributed by atoms with Crippen LogP contribution in [-0.4, -0.2) is 19.3 Å². The van der Waals surface area contributed by atoms with Crippen molar-refractivity contribution in [2.45, 2.75) is 31.5 Å². The lowest BCUT2D eigenvalue weighted by Crippen LogP contribution is -2.40. The molecule has 0 amide bonds. The molecule has 1 saturated heterocycles. The Hall–Kier alpha value is -1.23. The molecule has 1 fully saturated rings. The maximum absolute atomic E-state index is 12.6. The Bertz CT molecular complexity index is 464. The fourth-order valence-corrected chi connectivity index (χ4v) is 2.92. The standard InChI is InChI=1S/C14H16F3NO/c15-14(16,17)10-4-5-12(18-8-10)11-3-1-2-9-6-7-19-13(9)11/h1-3,10,12,18H,4-8H2. The van der Waals surface area contributed by atoms with Crippen molar-refractivity contribution in [3.8, 4) is 5.75 Å². The first-order valence-corrected chi connectivity index (χ1v) is 6.60. The van der Waals surface area contributed by atoms with Crippen molar-refractivity contribution in [1.29, 1.82) is 0 Å². The van der Waals surface area contributed by atoms with Gasteiger partial charge in [-0.15, -0.1) is 0 Å². The molecule has 0 aliphatic carbocycles. The van der Waals surface area contributed by atoms with Crippen molar-refractivity contribution in [3.63, 3.8) is 0 Å². The molecule has 1 N–H and O–H groups in total. The zero-order chi connectivity index (χ0) is 13.5. The molecule has 2 heterocycles. The highest BCUT2D eigenvalue weighted by Gasteiger charge is 2.42. The number of fused-ring (bicyclic) bond motifs is 1. The third kappa shape index (κ3) is 2.43. The molecule has 5 heteroatoms. The third-order valence-electron chi connectivity index (χ3n) is 4.00. The van der Waals surface area contributed by atoms with E-state index in [4.69, 9.17) is 4.74 Å². The number of benzene rings is 1. The predicted molar refractivity (Wildman–Crippen MR) is 65.2 cm³/mol. The molecule has 0 radical (unpaired) electrons. The van der Waals surface area contributed by atoms with Crippen LogP contribution in [0.2, 0.25) is 0 Å². The van der Waals surface area contributed by atoms with Crippen molar-refractivity contribution >= 4 is 0 Å². The second-order valence-corrected chi connectivity index (χ2v) is 5.21. The maximum atomic E-state index is 12.6. The minimum Gasteiger partial charge on any atom is -0.493 e. The highest BCUT2D eigenvalue weighted by molar-refractivity contribution is 5.45. The SMILES string of the molecule is FC(F)(F)C1CCC(c2cccc3c2OCC3)NC1. The predicted octanol–water partition coefficient (Wildman–Crippen LogP) is 3.22. The number of para-hydroxylation sites is 1. The van der Waals surface area contributed by atoms with Crippen LogP contribution in [0.25, 0.3) is 0 Å². The average Bonchev–Trinajstić information content (AvgIpc) is 2.86. The van der Waals surface area contributed by atoms with Crippen molar-refractivity contribution in [3.05, 3.63) is 29.3 Å². The molecule has 2 atom stereocenters. The van der Waals surface area contributed by atoms with Gasteiger partial charge in [0.1, 0.15) is 5.75 Å². The monoisotopic (exact) mass is 271 g/mol. The normalized spacial score (nSPS) is 26.9. The zero-order valence-electron chi connectivity index (χ0n) is 10.5. The molecule has 0 spiro atoms. The second-order valence-electron chi connectivity index (χ2n) is 5.21. The lowest BCUT2D eigenvalue weighted by Gasteiger charge is -2.31. The van der Waals surface area contributed by atoms with Crippen LogP contribution < -0.4 is 10.1 Å². The quantitative estimate of drug-likeness (QED) is 0.846. The van der Waals surface area contributed by atoms with E-state index in [2.05, 4.69) is 5.32 Å². The number of piperidine rings is 1. The molecule has 104 valence electrons. The first kappa shape index (κ1) is 12.8. The van der Waals surface area contributed by atoms with Crippen molar-refractivity contribution in [2.75, 3.05) is 13.2 Å². The smallest absolute Gasteiger partial charge is 0.393 e. The van der Waals surface area contributed by atoms with Gasteiger partial charge in [-0.25, -0.2) is 0 Å². The van der Waals surface area contributed by atoms with Gasteiger partial charge in [-0.3, -0.25) is 0 Å². The molecule has 2 aliphatic heterocycles. The zero-order valence-corrected chi connectivity index (χ0v) is 10.5. The molecule has 3 rings (SSSR count). The summed E-state index contributed by atoms with van der Waals surface area (Å²) in [6.45, 7) is 0.669. The Morgan fingerprint density at radius 2 is 2.05 bits per heavy atom. The summed E-state index contributed by atoms with van der Waals surface area (Å²) < 4.78 is 43.5. The van der Waals surface area contributed by atoms with Crippen LogP contribution >= 0.6 is 0 Å². The number of hydrogen-bond acceptors (Lipinski definition) is 2. The van der Waals surface area contributed by atoms with E-state index in [1.165, 1.54) is 0 Å². The van der Waals surface area contributed by atoms with Gasteiger partial charge in [-0.2, -0.15) is 13.2 Å². The number of hydrogen-bond donors (Lipinski definition) is 1. The molecular formula is C14H16F3NO. The van der Waals surface area contributed by atoms with Crippen LogP contribution in [0.3, 0.4) is 0 Å². The summed E-state index contributed by atoms with van der Waals surface area (Å²) in [5, 5.41) is 3.02. The molecule has 2 aliphatic rings. The molecule has 0 saturated carbocycles. The van der Waals surface area contributed by atoms with Crippen molar-refractivity contribution in [1.82, 2.24) is 5.32 Å². The number of ether oxygens (including phenoxy) is 1. The Labute approximate surface area is 109 Å². The van der Waals surface area contributed by atoms with Gasteiger partial charge >= 0.3 is 6.18 Å². The lowest BCUT2D eigenvalue weighted by atomic mass is 9.89. The Morgan fingerprint density at radius 1 is 1.21 bits per heavy atom. The Kier molecular flexibility index (Phi) is 3.17. The number of halogens is 3. The Morgan fingerprint density at radius 3 is 2.74 bits per heavy atom. The summed E-state index contributed by atoms with van der Waals surface area (Å²) in [5.41, 5.74) is 2.17. The van der Waals surface area contributed by atoms with E-state index >= 15 is 0 Å². The minimum absolute atomic E-state index is 0.00215. The van der Waals surface area contributed by atoms with Gasteiger partial charge in [0.15, 0.2) is 0 Å². The highest BCUT2D eigenvalue weighted by Crippen LogP contribution is 2.40. The van der Waals surface area contributed by atoms with Gasteiger partial charge < -0.3 is 10.1 Å². The number of rotatable bonds is 1. The minimum atomic E-state index is -4.09. The Balaban J connectivity index is 1.74. The van der Waals surface area contributed by atoms with E-state index in [-0.39, 0.29) is 19.0 Å². The summed E-state index contributed by atoms with van der Waals surface area (Å²) >= 11 is 0. The highest BCUT2D eigenvalue weighted by atomic mass is 19.4. The second kappa shape index (κ2) is 4.71. The van der Waals surface area contributed by atoms with Gasteiger partial charge in [0.2, 0.25) is 0 Å². The van der Waals surface area contributed by atoms with Gasteiger partial charge in [-0.05, 0) is 18.4 Å². The van der Waals surface area contributed by atoms with Crippen molar-refractivity contribution in [2.24, 2.45) is 5.92 Å². The van der Waals surface area contributed by atoms with Crippen LogP contribution in [0.15, 0.2) is 18.2 Å². The van der Waals surface area contributed by atoms with Crippen LogP contribution in [0.1, 0.15) is 30.0 Å². The molecule has 19 heavy (non-hydrogen) atoms. The summed E-state index contributed by atoms with van der Waals surface area (Å²) in [5.74, 6) is -0.341. The summed E-state index contributed by atoms with van der Waals surface area (Å²) in [7, 11) is 0. The lowest BCUT2D eigenvalue weighted by molar-refractivity contribution is -0.179.